The number of ketones is 1. The lowest BCUT2D eigenvalue weighted by Gasteiger charge is -2.24. The Hall–Kier alpha value is -3.39. The Balaban J connectivity index is 1.51. The van der Waals surface area contributed by atoms with Gasteiger partial charge in [0, 0.05) is 37.0 Å². The topological polar surface area (TPSA) is 72.5 Å². The summed E-state index contributed by atoms with van der Waals surface area (Å²) in [7, 11) is 3.69. The molecule has 0 saturated carbocycles. The van der Waals surface area contributed by atoms with Crippen molar-refractivity contribution in [2.24, 2.45) is 7.05 Å². The number of hydrogen-bond acceptors (Lipinski definition) is 6. The normalized spacial score (nSPS) is 17.1. The third kappa shape index (κ3) is 3.20. The van der Waals surface area contributed by atoms with Gasteiger partial charge in [0.1, 0.15) is 0 Å². The van der Waals surface area contributed by atoms with Gasteiger partial charge in [-0.05, 0) is 30.7 Å². The van der Waals surface area contributed by atoms with Crippen LogP contribution in [0.4, 0.5) is 5.69 Å². The van der Waals surface area contributed by atoms with Crippen LogP contribution in [-0.2, 0) is 17.3 Å². The van der Waals surface area contributed by atoms with Gasteiger partial charge in [0.05, 0.1) is 16.2 Å². The number of nitrogens with zero attached hydrogens (tertiary/aromatic N) is 5. The zero-order chi connectivity index (χ0) is 23.5. The van der Waals surface area contributed by atoms with Crippen LogP contribution < -0.4 is 10.5 Å². The lowest BCUT2D eigenvalue weighted by molar-refractivity contribution is -0.114. The number of carbonyl (C=O) groups excluding carboxylic acids is 1. The van der Waals surface area contributed by atoms with Crippen molar-refractivity contribution >= 4 is 39.9 Å². The van der Waals surface area contributed by atoms with Crippen LogP contribution in [0.5, 0.6) is 0 Å². The minimum absolute atomic E-state index is 0.00797. The molecule has 1 aliphatic heterocycles. The number of aryl methyl sites for hydroxylation is 1. The Labute approximate surface area is 195 Å². The number of rotatable bonds is 4. The average Bonchev–Trinajstić information content (AvgIpc) is 3.31. The molecule has 0 saturated heterocycles. The first-order chi connectivity index (χ1) is 15.7. The maximum atomic E-state index is 13.3. The van der Waals surface area contributed by atoms with E-state index < -0.39 is 0 Å². The summed E-state index contributed by atoms with van der Waals surface area (Å²) in [5.41, 5.74) is 3.65. The first-order valence-electron chi connectivity index (χ1n) is 10.8. The van der Waals surface area contributed by atoms with Crippen LogP contribution in [0.3, 0.4) is 0 Å². The van der Waals surface area contributed by atoms with Gasteiger partial charge in [0.25, 0.3) is 5.56 Å². The second-order valence-electron chi connectivity index (χ2n) is 8.89. The number of hydrogen-bond donors (Lipinski definition) is 0. The highest BCUT2D eigenvalue weighted by molar-refractivity contribution is 8.00. The van der Waals surface area contributed by atoms with E-state index in [4.69, 9.17) is 0 Å². The fourth-order valence-corrected chi connectivity index (χ4v) is 5.49. The maximum absolute atomic E-state index is 13.3. The fourth-order valence-electron chi connectivity index (χ4n) is 4.61. The summed E-state index contributed by atoms with van der Waals surface area (Å²) >= 11 is 1.35. The van der Waals surface area contributed by atoms with Gasteiger partial charge in [-0.25, -0.2) is 0 Å². The van der Waals surface area contributed by atoms with E-state index in [1.54, 1.807) is 19.2 Å². The molecular formula is C25H25N5O2S. The number of benzene rings is 2. The highest BCUT2D eigenvalue weighted by Gasteiger charge is 2.38. The molecule has 1 aliphatic rings. The van der Waals surface area contributed by atoms with Crippen LogP contribution in [0, 0.1) is 0 Å². The zero-order valence-corrected chi connectivity index (χ0v) is 20.1. The highest BCUT2D eigenvalue weighted by atomic mass is 32.2. The van der Waals surface area contributed by atoms with Crippen LogP contribution in [0.2, 0.25) is 0 Å². The molecule has 168 valence electrons. The smallest absolute Gasteiger partial charge is 0.262 e. The minimum atomic E-state index is -0.381. The number of fused-ring (bicyclic) bond motifs is 4. The van der Waals surface area contributed by atoms with Gasteiger partial charge in [0.15, 0.2) is 10.9 Å². The van der Waals surface area contributed by atoms with Gasteiger partial charge in [-0.3, -0.25) is 18.6 Å². The fraction of sp³-hybridized carbons (Fsp3) is 0.280. The van der Waals surface area contributed by atoms with Crippen molar-refractivity contribution in [1.82, 2.24) is 19.2 Å². The lowest BCUT2D eigenvalue weighted by atomic mass is 9.83. The Morgan fingerprint density at radius 1 is 1.06 bits per heavy atom. The molecule has 0 bridgehead atoms. The Kier molecular flexibility index (Phi) is 4.93. The first kappa shape index (κ1) is 21.5. The summed E-state index contributed by atoms with van der Waals surface area (Å²) in [6.07, 6.45) is 1.76. The van der Waals surface area contributed by atoms with E-state index in [-0.39, 0.29) is 22.0 Å². The minimum Gasteiger partial charge on any atom is -0.347 e. The predicted octanol–water partition coefficient (Wildman–Crippen LogP) is 3.94. The van der Waals surface area contributed by atoms with Gasteiger partial charge in [-0.1, -0.05) is 55.9 Å². The molecule has 0 aliphatic carbocycles. The van der Waals surface area contributed by atoms with E-state index in [0.29, 0.717) is 16.3 Å². The second kappa shape index (κ2) is 7.59. The van der Waals surface area contributed by atoms with Crippen molar-refractivity contribution < 1.29 is 4.79 Å². The molecule has 0 amide bonds. The number of carbonyl (C=O) groups is 1. The SMILES string of the molecule is CC(Sc1nnc2n(C)c(=O)c3ccccc3n12)C(=O)C=C1N(C)c2ccccc2C1(C)C. The third-order valence-electron chi connectivity index (χ3n) is 6.50. The molecule has 1 atom stereocenters. The zero-order valence-electron chi connectivity index (χ0n) is 19.2. The van der Waals surface area contributed by atoms with Crippen LogP contribution in [0.1, 0.15) is 26.3 Å². The van der Waals surface area contributed by atoms with E-state index >= 15 is 0 Å². The number of allylic oxidation sites excluding steroid dienone is 2. The van der Waals surface area contributed by atoms with Gasteiger partial charge in [0.2, 0.25) is 5.78 Å². The van der Waals surface area contributed by atoms with Gasteiger partial charge >= 0.3 is 0 Å². The monoisotopic (exact) mass is 459 g/mol. The van der Waals surface area contributed by atoms with E-state index in [0.717, 1.165) is 16.9 Å². The van der Waals surface area contributed by atoms with Gasteiger partial charge in [-0.15, -0.1) is 10.2 Å². The van der Waals surface area contributed by atoms with Crippen LogP contribution >= 0.6 is 11.8 Å². The molecule has 0 radical (unpaired) electrons. The average molecular weight is 460 g/mol. The molecule has 2 aromatic heterocycles. The number of thioether (sulfide) groups is 1. The van der Waals surface area contributed by atoms with Gasteiger partial charge in [-0.2, -0.15) is 0 Å². The number of anilines is 1. The molecule has 33 heavy (non-hydrogen) atoms. The molecule has 0 N–H and O–H groups in total. The summed E-state index contributed by atoms with van der Waals surface area (Å²) < 4.78 is 3.33. The van der Waals surface area contributed by atoms with Crippen molar-refractivity contribution in [3.05, 3.63) is 76.2 Å². The molecule has 0 fully saturated rings. The van der Waals surface area contributed by atoms with Crippen molar-refractivity contribution in [1.29, 1.82) is 0 Å². The largest absolute Gasteiger partial charge is 0.347 e. The first-order valence-corrected chi connectivity index (χ1v) is 11.7. The number of para-hydroxylation sites is 2. The van der Waals surface area contributed by atoms with Gasteiger partial charge < -0.3 is 4.90 Å². The molecule has 0 spiro atoms. The molecule has 4 aromatic rings. The Morgan fingerprint density at radius 3 is 2.52 bits per heavy atom. The summed E-state index contributed by atoms with van der Waals surface area (Å²) in [5, 5.41) is 9.32. The summed E-state index contributed by atoms with van der Waals surface area (Å²) in [5.74, 6) is 0.458. The van der Waals surface area contributed by atoms with Crippen LogP contribution in [0.15, 0.2) is 70.3 Å². The summed E-state index contributed by atoms with van der Waals surface area (Å²) in [6, 6.07) is 15.6. The predicted molar refractivity (Wildman–Crippen MR) is 132 cm³/mol. The number of aromatic nitrogens is 4. The van der Waals surface area contributed by atoms with Crippen molar-refractivity contribution in [3.8, 4) is 0 Å². The number of likely N-dealkylation sites (N-methyl/N-ethyl adjacent to an activating group) is 1. The third-order valence-corrected chi connectivity index (χ3v) is 7.56. The van der Waals surface area contributed by atoms with Crippen molar-refractivity contribution in [3.63, 3.8) is 0 Å². The van der Waals surface area contributed by atoms with E-state index in [1.165, 1.54) is 21.9 Å². The van der Waals surface area contributed by atoms with E-state index in [1.807, 2.05) is 48.7 Å². The Morgan fingerprint density at radius 2 is 1.76 bits per heavy atom. The summed E-state index contributed by atoms with van der Waals surface area (Å²) in [6.45, 7) is 6.17. The maximum Gasteiger partial charge on any atom is 0.262 e. The molecule has 2 aromatic carbocycles. The van der Waals surface area contributed by atoms with Crippen LogP contribution in [0.25, 0.3) is 16.7 Å². The molecule has 7 nitrogen and oxygen atoms in total. The van der Waals surface area contributed by atoms with E-state index in [9.17, 15) is 9.59 Å². The molecule has 8 heteroatoms. The second-order valence-corrected chi connectivity index (χ2v) is 10.2. The Bertz CT molecular complexity index is 1510. The lowest BCUT2D eigenvalue weighted by Crippen LogP contribution is -2.25. The molecular weight excluding hydrogens is 434 g/mol. The molecule has 3 heterocycles. The van der Waals surface area contributed by atoms with E-state index in [2.05, 4.69) is 41.1 Å². The standard InChI is InChI=1S/C25H25N5O2S/c1-15(20(31)14-21-25(2,3)17-11-7-9-13-19(17)28(21)4)33-24-27-26-23-29(5)22(32)16-10-6-8-12-18(16)30(23)24/h6-15H,1-5H3. The van der Waals surface area contributed by atoms with Crippen LogP contribution in [-0.4, -0.2) is 37.2 Å². The molecule has 1 unspecified atom stereocenters. The van der Waals surface area contributed by atoms with Crippen molar-refractivity contribution in [2.75, 3.05) is 11.9 Å². The van der Waals surface area contributed by atoms with Crippen molar-refractivity contribution in [2.45, 2.75) is 36.6 Å². The molecule has 5 rings (SSSR count). The quantitative estimate of drug-likeness (QED) is 0.340. The summed E-state index contributed by atoms with van der Waals surface area (Å²) in [4.78, 5) is 28.1. The highest BCUT2D eigenvalue weighted by Crippen LogP contribution is 2.46.